The highest BCUT2D eigenvalue weighted by Crippen LogP contribution is 2.23. The summed E-state index contributed by atoms with van der Waals surface area (Å²) in [5.41, 5.74) is 1.02. The molecule has 6 nitrogen and oxygen atoms in total. The van der Waals surface area contributed by atoms with Crippen LogP contribution < -0.4 is 5.32 Å². The molecule has 0 radical (unpaired) electrons. The molecule has 27 heavy (non-hydrogen) atoms. The molecule has 2 fully saturated rings. The minimum Gasteiger partial charge on any atom is -0.381 e. The van der Waals surface area contributed by atoms with Crippen LogP contribution in [0.15, 0.2) is 24.3 Å². The zero-order chi connectivity index (χ0) is 18.5. The Kier molecular flexibility index (Phi) is 6.34. The summed E-state index contributed by atoms with van der Waals surface area (Å²) in [6.45, 7) is 5.73. The van der Waals surface area contributed by atoms with Crippen molar-refractivity contribution in [2.24, 2.45) is 5.92 Å². The summed E-state index contributed by atoms with van der Waals surface area (Å²) in [5, 5.41) is 4.19. The molecule has 2 unspecified atom stereocenters. The van der Waals surface area contributed by atoms with Crippen LogP contribution in [0.5, 0.6) is 0 Å². The van der Waals surface area contributed by atoms with Crippen LogP contribution in [0.25, 0.3) is 10.2 Å². The lowest BCUT2D eigenvalue weighted by Crippen LogP contribution is -2.52. The van der Waals surface area contributed by atoms with Gasteiger partial charge in [-0.2, -0.15) is 0 Å². The zero-order valence-corrected chi connectivity index (χ0v) is 16.4. The molecule has 7 heteroatoms. The molecule has 2 atom stereocenters. The third kappa shape index (κ3) is 4.85. The van der Waals surface area contributed by atoms with Crippen LogP contribution in [-0.2, 0) is 20.7 Å². The molecule has 3 heterocycles. The van der Waals surface area contributed by atoms with E-state index in [1.807, 2.05) is 18.2 Å². The predicted molar refractivity (Wildman–Crippen MR) is 106 cm³/mol. The van der Waals surface area contributed by atoms with Gasteiger partial charge in [-0.1, -0.05) is 12.1 Å². The molecule has 2 saturated heterocycles. The number of aryl methyl sites for hydroxylation is 1. The van der Waals surface area contributed by atoms with Crippen LogP contribution in [0.4, 0.5) is 0 Å². The first-order chi connectivity index (χ1) is 13.3. The van der Waals surface area contributed by atoms with E-state index in [0.717, 1.165) is 56.5 Å². The number of rotatable bonds is 7. The van der Waals surface area contributed by atoms with Crippen LogP contribution in [-0.4, -0.2) is 67.9 Å². The van der Waals surface area contributed by atoms with E-state index in [2.05, 4.69) is 21.3 Å². The number of carbonyl (C=O) groups excluding carboxylic acids is 1. The Hall–Kier alpha value is -1.54. The highest BCUT2D eigenvalue weighted by atomic mass is 32.1. The van der Waals surface area contributed by atoms with E-state index >= 15 is 0 Å². The third-order valence-electron chi connectivity index (χ3n) is 5.44. The first-order valence-corrected chi connectivity index (χ1v) is 10.6. The van der Waals surface area contributed by atoms with Crippen molar-refractivity contribution >= 4 is 27.5 Å². The number of carbonyl (C=O) groups is 1. The van der Waals surface area contributed by atoms with Crippen molar-refractivity contribution in [3.05, 3.63) is 29.3 Å². The molecule has 1 aromatic carbocycles. The average Bonchev–Trinajstić information content (AvgIpc) is 3.37. The van der Waals surface area contributed by atoms with Crippen molar-refractivity contribution in [2.75, 3.05) is 46.1 Å². The Morgan fingerprint density at radius 1 is 1.26 bits per heavy atom. The van der Waals surface area contributed by atoms with Crippen molar-refractivity contribution in [2.45, 2.75) is 25.3 Å². The summed E-state index contributed by atoms with van der Waals surface area (Å²) < 4.78 is 12.3. The van der Waals surface area contributed by atoms with Gasteiger partial charge in [0.15, 0.2) is 0 Å². The number of nitrogens with one attached hydrogen (secondary N) is 1. The van der Waals surface area contributed by atoms with E-state index in [-0.39, 0.29) is 5.91 Å². The van der Waals surface area contributed by atoms with E-state index in [9.17, 15) is 4.79 Å². The van der Waals surface area contributed by atoms with Gasteiger partial charge in [0.1, 0.15) is 0 Å². The van der Waals surface area contributed by atoms with Gasteiger partial charge < -0.3 is 14.8 Å². The molecule has 2 aromatic rings. The molecule has 1 amide bonds. The number of benzene rings is 1. The van der Waals surface area contributed by atoms with Gasteiger partial charge >= 0.3 is 0 Å². The van der Waals surface area contributed by atoms with Gasteiger partial charge in [0.2, 0.25) is 5.91 Å². The Bertz CT molecular complexity index is 721. The summed E-state index contributed by atoms with van der Waals surface area (Å²) in [4.78, 5) is 19.5. The molecule has 0 bridgehead atoms. The van der Waals surface area contributed by atoms with E-state index in [1.54, 1.807) is 11.3 Å². The van der Waals surface area contributed by atoms with Crippen LogP contribution in [0.1, 0.15) is 17.8 Å². The van der Waals surface area contributed by atoms with Gasteiger partial charge in [0, 0.05) is 51.0 Å². The van der Waals surface area contributed by atoms with Crippen molar-refractivity contribution < 1.29 is 14.3 Å². The van der Waals surface area contributed by atoms with E-state index in [1.165, 1.54) is 4.70 Å². The SMILES string of the molecule is O=C(CCc1nc2ccccc2s1)NCC(C1CCOC1)N1CCOCC1. The number of para-hydroxylation sites is 1. The van der Waals surface area contributed by atoms with Gasteiger partial charge in [0.05, 0.1) is 35.0 Å². The smallest absolute Gasteiger partial charge is 0.220 e. The third-order valence-corrected chi connectivity index (χ3v) is 6.53. The highest BCUT2D eigenvalue weighted by Gasteiger charge is 2.31. The molecule has 1 aromatic heterocycles. The number of fused-ring (bicyclic) bond motifs is 1. The Labute approximate surface area is 163 Å². The number of aromatic nitrogens is 1. The topological polar surface area (TPSA) is 63.7 Å². The predicted octanol–water partition coefficient (Wildman–Crippen LogP) is 2.08. The van der Waals surface area contributed by atoms with Gasteiger partial charge in [-0.15, -0.1) is 11.3 Å². The van der Waals surface area contributed by atoms with Crippen LogP contribution in [0.3, 0.4) is 0 Å². The Balaban J connectivity index is 1.29. The quantitative estimate of drug-likeness (QED) is 0.786. The van der Waals surface area contributed by atoms with Crippen molar-refractivity contribution in [1.82, 2.24) is 15.2 Å². The lowest BCUT2D eigenvalue weighted by Gasteiger charge is -2.37. The van der Waals surface area contributed by atoms with Crippen LogP contribution in [0, 0.1) is 5.92 Å². The summed E-state index contributed by atoms with van der Waals surface area (Å²) in [6, 6.07) is 8.45. The number of thiazole rings is 1. The lowest BCUT2D eigenvalue weighted by molar-refractivity contribution is -0.121. The minimum atomic E-state index is 0.103. The molecule has 4 rings (SSSR count). The Morgan fingerprint density at radius 3 is 2.89 bits per heavy atom. The number of nitrogens with zero attached hydrogens (tertiary/aromatic N) is 2. The molecular weight excluding hydrogens is 362 g/mol. The highest BCUT2D eigenvalue weighted by molar-refractivity contribution is 7.18. The number of hydrogen-bond donors (Lipinski definition) is 1. The molecule has 0 saturated carbocycles. The normalized spacial score (nSPS) is 22.1. The first kappa shape index (κ1) is 18.8. The van der Waals surface area contributed by atoms with E-state index < -0.39 is 0 Å². The maximum absolute atomic E-state index is 12.4. The van der Waals surface area contributed by atoms with Crippen molar-refractivity contribution in [3.8, 4) is 0 Å². The number of ether oxygens (including phenoxy) is 2. The number of amides is 1. The summed E-state index contributed by atoms with van der Waals surface area (Å²) >= 11 is 1.68. The molecule has 146 valence electrons. The van der Waals surface area contributed by atoms with Gasteiger partial charge in [-0.25, -0.2) is 4.98 Å². The monoisotopic (exact) mass is 389 g/mol. The lowest BCUT2D eigenvalue weighted by atomic mass is 9.97. The molecule has 1 N–H and O–H groups in total. The summed E-state index contributed by atoms with van der Waals surface area (Å²) in [6.07, 6.45) is 2.25. The fraction of sp³-hybridized carbons (Fsp3) is 0.600. The van der Waals surface area contributed by atoms with Crippen LogP contribution >= 0.6 is 11.3 Å². The molecular formula is C20H27N3O3S. The minimum absolute atomic E-state index is 0.103. The zero-order valence-electron chi connectivity index (χ0n) is 15.6. The maximum Gasteiger partial charge on any atom is 0.220 e. The molecule has 2 aliphatic heterocycles. The van der Waals surface area contributed by atoms with Crippen LogP contribution in [0.2, 0.25) is 0 Å². The molecule has 0 aliphatic carbocycles. The van der Waals surface area contributed by atoms with E-state index in [0.29, 0.717) is 31.3 Å². The second-order valence-corrected chi connectivity index (χ2v) is 8.33. The largest absolute Gasteiger partial charge is 0.381 e. The average molecular weight is 390 g/mol. The fourth-order valence-corrected chi connectivity index (χ4v) is 4.88. The maximum atomic E-state index is 12.4. The van der Waals surface area contributed by atoms with Crippen molar-refractivity contribution in [1.29, 1.82) is 0 Å². The second kappa shape index (κ2) is 9.10. The van der Waals surface area contributed by atoms with Crippen molar-refractivity contribution in [3.63, 3.8) is 0 Å². The molecule has 0 spiro atoms. The standard InChI is InChI=1S/C20H27N3O3S/c24-19(5-6-20-22-16-3-1-2-4-18(16)27-20)21-13-17(15-7-10-26-14-15)23-8-11-25-12-9-23/h1-4,15,17H,5-14H2,(H,21,24). The number of morpholine rings is 1. The summed E-state index contributed by atoms with van der Waals surface area (Å²) in [5.74, 6) is 0.596. The molecule has 2 aliphatic rings. The summed E-state index contributed by atoms with van der Waals surface area (Å²) in [7, 11) is 0. The second-order valence-electron chi connectivity index (χ2n) is 7.22. The first-order valence-electron chi connectivity index (χ1n) is 9.80. The van der Waals surface area contributed by atoms with Gasteiger partial charge in [-0.3, -0.25) is 9.69 Å². The van der Waals surface area contributed by atoms with Gasteiger partial charge in [-0.05, 0) is 18.6 Å². The fourth-order valence-electron chi connectivity index (χ4n) is 3.91. The number of hydrogen-bond acceptors (Lipinski definition) is 6. The Morgan fingerprint density at radius 2 is 2.11 bits per heavy atom. The van der Waals surface area contributed by atoms with Gasteiger partial charge in [0.25, 0.3) is 0 Å². The van der Waals surface area contributed by atoms with E-state index in [4.69, 9.17) is 9.47 Å².